The predicted molar refractivity (Wildman–Crippen MR) is 93.4 cm³/mol. The molecule has 0 saturated heterocycles. The van der Waals surface area contributed by atoms with Gasteiger partial charge >= 0.3 is 0 Å². The van der Waals surface area contributed by atoms with Crippen LogP contribution in [0.15, 0.2) is 46.9 Å². The Morgan fingerprint density at radius 3 is 2.59 bits per heavy atom. The summed E-state index contributed by atoms with van der Waals surface area (Å²) in [6.07, 6.45) is 0. The SMILES string of the molecule is COc1ccc(-n2c(-c3ccc(Br)cc3)n[nH]c2=S)cc1Cl. The molecule has 0 saturated carbocycles. The van der Waals surface area contributed by atoms with Crippen molar-refractivity contribution in [3.8, 4) is 22.8 Å². The summed E-state index contributed by atoms with van der Waals surface area (Å²) in [6.45, 7) is 0. The Kier molecular flexibility index (Phi) is 4.33. The van der Waals surface area contributed by atoms with Crippen LogP contribution in [0.25, 0.3) is 17.1 Å². The number of H-pyrrole nitrogens is 1. The Balaban J connectivity index is 2.15. The van der Waals surface area contributed by atoms with Crippen LogP contribution >= 0.6 is 39.7 Å². The largest absolute Gasteiger partial charge is 0.495 e. The first kappa shape index (κ1) is 15.3. The minimum atomic E-state index is 0.499. The highest BCUT2D eigenvalue weighted by Crippen LogP contribution is 2.29. The maximum Gasteiger partial charge on any atom is 0.200 e. The molecule has 0 unspecified atom stereocenters. The summed E-state index contributed by atoms with van der Waals surface area (Å²) in [4.78, 5) is 0. The monoisotopic (exact) mass is 395 g/mol. The summed E-state index contributed by atoms with van der Waals surface area (Å²) in [7, 11) is 1.58. The Morgan fingerprint density at radius 1 is 1.23 bits per heavy atom. The van der Waals surface area contributed by atoms with E-state index in [-0.39, 0.29) is 0 Å². The molecular weight excluding hydrogens is 386 g/mol. The molecule has 2 aromatic carbocycles. The smallest absolute Gasteiger partial charge is 0.200 e. The number of aromatic amines is 1. The minimum Gasteiger partial charge on any atom is -0.495 e. The van der Waals surface area contributed by atoms with Crippen molar-refractivity contribution in [3.63, 3.8) is 0 Å². The highest BCUT2D eigenvalue weighted by molar-refractivity contribution is 9.10. The van der Waals surface area contributed by atoms with Crippen LogP contribution in [0.3, 0.4) is 0 Å². The Bertz CT molecular complexity index is 873. The third-order valence-electron chi connectivity index (χ3n) is 3.17. The fourth-order valence-corrected chi connectivity index (χ4v) is 2.88. The van der Waals surface area contributed by atoms with Gasteiger partial charge in [-0.3, -0.25) is 9.67 Å². The average Bonchev–Trinajstić information content (AvgIpc) is 2.89. The van der Waals surface area contributed by atoms with Crippen LogP contribution in [0.2, 0.25) is 5.02 Å². The van der Waals surface area contributed by atoms with E-state index in [0.29, 0.717) is 15.5 Å². The lowest BCUT2D eigenvalue weighted by Gasteiger charge is -2.09. The van der Waals surface area contributed by atoms with Gasteiger partial charge in [0.15, 0.2) is 10.6 Å². The summed E-state index contributed by atoms with van der Waals surface area (Å²) in [5.41, 5.74) is 1.77. The molecule has 7 heteroatoms. The topological polar surface area (TPSA) is 42.8 Å². The minimum absolute atomic E-state index is 0.499. The second kappa shape index (κ2) is 6.24. The standard InChI is InChI=1S/C15H11BrClN3OS/c1-21-13-7-6-11(8-12(13)17)20-14(18-19-15(20)22)9-2-4-10(16)5-3-9/h2-8H,1H3,(H,19,22). The molecule has 0 atom stereocenters. The first-order valence-electron chi connectivity index (χ1n) is 6.37. The summed E-state index contributed by atoms with van der Waals surface area (Å²) in [6, 6.07) is 13.3. The molecule has 1 aromatic heterocycles. The van der Waals surface area contributed by atoms with Crippen molar-refractivity contribution in [2.45, 2.75) is 0 Å². The Hall–Kier alpha value is -1.63. The average molecular weight is 397 g/mol. The number of nitrogens with one attached hydrogen (secondary N) is 1. The van der Waals surface area contributed by atoms with Gasteiger partial charge in [0.25, 0.3) is 0 Å². The lowest BCUT2D eigenvalue weighted by atomic mass is 10.2. The van der Waals surface area contributed by atoms with Gasteiger partial charge in [0, 0.05) is 10.0 Å². The highest BCUT2D eigenvalue weighted by atomic mass is 79.9. The number of rotatable bonds is 3. The Morgan fingerprint density at radius 2 is 1.95 bits per heavy atom. The van der Waals surface area contributed by atoms with Crippen molar-refractivity contribution in [3.05, 3.63) is 56.7 Å². The quantitative estimate of drug-likeness (QED) is 0.632. The normalized spacial score (nSPS) is 10.7. The van der Waals surface area contributed by atoms with E-state index in [2.05, 4.69) is 26.1 Å². The third-order valence-corrected chi connectivity index (χ3v) is 4.27. The second-order valence-electron chi connectivity index (χ2n) is 4.51. The van der Waals surface area contributed by atoms with Gasteiger partial charge in [0.1, 0.15) is 5.75 Å². The van der Waals surface area contributed by atoms with Gasteiger partial charge < -0.3 is 4.74 Å². The lowest BCUT2D eigenvalue weighted by Crippen LogP contribution is -1.98. The van der Waals surface area contributed by atoms with E-state index in [0.717, 1.165) is 21.5 Å². The molecule has 0 fully saturated rings. The zero-order chi connectivity index (χ0) is 15.7. The number of halogens is 2. The van der Waals surface area contributed by atoms with Gasteiger partial charge in [-0.1, -0.05) is 39.7 Å². The number of nitrogens with zero attached hydrogens (tertiary/aromatic N) is 2. The van der Waals surface area contributed by atoms with Gasteiger partial charge in [-0.25, -0.2) is 0 Å². The zero-order valence-corrected chi connectivity index (χ0v) is 14.7. The first-order chi connectivity index (χ1) is 10.6. The van der Waals surface area contributed by atoms with Crippen molar-refractivity contribution >= 4 is 39.7 Å². The Labute approximate surface area is 145 Å². The summed E-state index contributed by atoms with van der Waals surface area (Å²) in [5, 5.41) is 7.67. The lowest BCUT2D eigenvalue weighted by molar-refractivity contribution is 0.415. The number of hydrogen-bond donors (Lipinski definition) is 1. The van der Waals surface area contributed by atoms with Crippen molar-refractivity contribution in [2.24, 2.45) is 0 Å². The molecule has 0 spiro atoms. The molecule has 0 radical (unpaired) electrons. The van der Waals surface area contributed by atoms with Crippen LogP contribution in [-0.4, -0.2) is 21.9 Å². The van der Waals surface area contributed by atoms with E-state index in [1.807, 2.05) is 34.9 Å². The van der Waals surface area contributed by atoms with Crippen LogP contribution in [0.1, 0.15) is 0 Å². The fourth-order valence-electron chi connectivity index (χ4n) is 2.12. The van der Waals surface area contributed by atoms with E-state index < -0.39 is 0 Å². The number of ether oxygens (including phenoxy) is 1. The highest BCUT2D eigenvalue weighted by Gasteiger charge is 2.12. The molecule has 0 aliphatic rings. The second-order valence-corrected chi connectivity index (χ2v) is 6.22. The molecule has 1 heterocycles. The van der Waals surface area contributed by atoms with E-state index in [1.165, 1.54) is 0 Å². The van der Waals surface area contributed by atoms with Crippen molar-refractivity contribution < 1.29 is 4.74 Å². The first-order valence-corrected chi connectivity index (χ1v) is 7.95. The summed E-state index contributed by atoms with van der Waals surface area (Å²) < 4.78 is 8.52. The van der Waals surface area contributed by atoms with Crippen molar-refractivity contribution in [2.75, 3.05) is 7.11 Å². The van der Waals surface area contributed by atoms with Gasteiger partial charge in [-0.05, 0) is 42.5 Å². The maximum atomic E-state index is 6.21. The van der Waals surface area contributed by atoms with Crippen LogP contribution in [0.4, 0.5) is 0 Å². The molecule has 0 aliphatic heterocycles. The van der Waals surface area contributed by atoms with Gasteiger partial charge in [0.05, 0.1) is 17.8 Å². The molecule has 112 valence electrons. The molecule has 3 aromatic rings. The zero-order valence-electron chi connectivity index (χ0n) is 11.5. The number of methoxy groups -OCH3 is 1. The van der Waals surface area contributed by atoms with Crippen LogP contribution in [0, 0.1) is 4.77 Å². The number of aromatic nitrogens is 3. The summed E-state index contributed by atoms with van der Waals surface area (Å²) in [5.74, 6) is 1.34. The van der Waals surface area contributed by atoms with E-state index >= 15 is 0 Å². The van der Waals surface area contributed by atoms with Crippen LogP contribution < -0.4 is 4.74 Å². The predicted octanol–water partition coefficient (Wildman–Crippen LogP) is 5.02. The molecule has 0 amide bonds. The van der Waals surface area contributed by atoms with Crippen LogP contribution in [-0.2, 0) is 0 Å². The van der Waals surface area contributed by atoms with E-state index in [9.17, 15) is 0 Å². The van der Waals surface area contributed by atoms with Gasteiger partial charge in [-0.2, -0.15) is 5.10 Å². The van der Waals surface area contributed by atoms with Gasteiger partial charge in [0.2, 0.25) is 0 Å². The molecule has 22 heavy (non-hydrogen) atoms. The maximum absolute atomic E-state index is 6.21. The summed E-state index contributed by atoms with van der Waals surface area (Å²) >= 11 is 15.0. The van der Waals surface area contributed by atoms with Gasteiger partial charge in [-0.15, -0.1) is 0 Å². The molecule has 1 N–H and O–H groups in total. The molecular formula is C15H11BrClN3OS. The van der Waals surface area contributed by atoms with Crippen molar-refractivity contribution in [1.82, 2.24) is 14.8 Å². The molecule has 0 aliphatic carbocycles. The molecule has 3 rings (SSSR count). The van der Waals surface area contributed by atoms with E-state index in [1.54, 1.807) is 19.2 Å². The van der Waals surface area contributed by atoms with Crippen molar-refractivity contribution in [1.29, 1.82) is 0 Å². The fraction of sp³-hybridized carbons (Fsp3) is 0.0667. The number of benzene rings is 2. The molecule has 0 bridgehead atoms. The van der Waals surface area contributed by atoms with E-state index in [4.69, 9.17) is 28.6 Å². The third kappa shape index (κ3) is 2.82. The molecule has 4 nitrogen and oxygen atoms in total. The number of hydrogen-bond acceptors (Lipinski definition) is 3. The van der Waals surface area contributed by atoms with Crippen LogP contribution in [0.5, 0.6) is 5.75 Å².